The van der Waals surface area contributed by atoms with E-state index < -0.39 is 0 Å². The van der Waals surface area contributed by atoms with Crippen LogP contribution in [0, 0.1) is 0 Å². The predicted molar refractivity (Wildman–Crippen MR) is 97.2 cm³/mol. The average molecular weight is 428 g/mol. The molecule has 2 aromatic rings. The lowest BCUT2D eigenvalue weighted by Gasteiger charge is -2.14. The van der Waals surface area contributed by atoms with Gasteiger partial charge in [0.1, 0.15) is 0 Å². The van der Waals surface area contributed by atoms with E-state index in [-0.39, 0.29) is 0 Å². The molecule has 0 aliphatic heterocycles. The lowest BCUT2D eigenvalue weighted by molar-refractivity contribution is 0.309. The Morgan fingerprint density at radius 2 is 1.91 bits per heavy atom. The molecule has 1 N–H and O–H groups in total. The zero-order valence-electron chi connectivity index (χ0n) is 12.3. The minimum Gasteiger partial charge on any atom is -0.492 e. The molecular formula is C16H16Br2N2O2. The van der Waals surface area contributed by atoms with Crippen molar-refractivity contribution < 1.29 is 9.47 Å². The highest BCUT2D eigenvalue weighted by Crippen LogP contribution is 2.42. The third kappa shape index (κ3) is 4.01. The molecule has 2 aromatic carbocycles. The third-order valence-corrected chi connectivity index (χ3v) is 4.97. The van der Waals surface area contributed by atoms with Gasteiger partial charge in [-0.05, 0) is 57.0 Å². The van der Waals surface area contributed by atoms with Crippen LogP contribution in [0.15, 0.2) is 50.4 Å². The molecule has 0 atom stereocenters. The molecule has 0 heterocycles. The number of nitrogens with one attached hydrogen (secondary N) is 1. The number of hydrogen-bond acceptors (Lipinski definition) is 4. The first kappa shape index (κ1) is 16.8. The minimum absolute atomic E-state index is 0.559. The lowest BCUT2D eigenvalue weighted by atomic mass is 10.2. The number of para-hydroxylation sites is 1. The highest BCUT2D eigenvalue weighted by atomic mass is 79.9. The SMILES string of the molecule is CCOc1cc(/C=N/Nc2ccccc2)c(Br)c(Br)c1OC. The summed E-state index contributed by atoms with van der Waals surface area (Å²) in [5.41, 5.74) is 4.78. The van der Waals surface area contributed by atoms with Crippen LogP contribution in [-0.4, -0.2) is 19.9 Å². The first-order chi connectivity index (χ1) is 10.7. The van der Waals surface area contributed by atoms with E-state index in [0.717, 1.165) is 20.2 Å². The Balaban J connectivity index is 2.26. The second kappa shape index (κ2) is 8.19. The van der Waals surface area contributed by atoms with E-state index >= 15 is 0 Å². The van der Waals surface area contributed by atoms with Gasteiger partial charge in [0.05, 0.1) is 30.1 Å². The van der Waals surface area contributed by atoms with E-state index in [1.165, 1.54) is 0 Å². The van der Waals surface area contributed by atoms with E-state index in [9.17, 15) is 0 Å². The fourth-order valence-electron chi connectivity index (χ4n) is 1.84. The first-order valence-electron chi connectivity index (χ1n) is 6.70. The van der Waals surface area contributed by atoms with E-state index in [4.69, 9.17) is 9.47 Å². The quantitative estimate of drug-likeness (QED) is 0.517. The van der Waals surface area contributed by atoms with Gasteiger partial charge in [-0.1, -0.05) is 18.2 Å². The second-order valence-electron chi connectivity index (χ2n) is 4.29. The van der Waals surface area contributed by atoms with E-state index in [0.29, 0.717) is 18.1 Å². The molecule has 0 bridgehead atoms. The smallest absolute Gasteiger partial charge is 0.176 e. The topological polar surface area (TPSA) is 42.8 Å². The van der Waals surface area contributed by atoms with Crippen molar-refractivity contribution in [2.45, 2.75) is 6.92 Å². The number of rotatable bonds is 6. The second-order valence-corrected chi connectivity index (χ2v) is 5.88. The van der Waals surface area contributed by atoms with Crippen LogP contribution in [0.5, 0.6) is 11.5 Å². The molecule has 0 saturated heterocycles. The highest BCUT2D eigenvalue weighted by Gasteiger charge is 2.15. The zero-order chi connectivity index (χ0) is 15.9. The third-order valence-electron chi connectivity index (χ3n) is 2.83. The van der Waals surface area contributed by atoms with Crippen molar-refractivity contribution in [2.75, 3.05) is 19.1 Å². The van der Waals surface area contributed by atoms with Gasteiger partial charge >= 0.3 is 0 Å². The molecule has 0 saturated carbocycles. The molecule has 4 nitrogen and oxygen atoms in total. The molecular weight excluding hydrogens is 412 g/mol. The Morgan fingerprint density at radius 3 is 2.55 bits per heavy atom. The van der Waals surface area contributed by atoms with Crippen LogP contribution in [0.1, 0.15) is 12.5 Å². The van der Waals surface area contributed by atoms with Crippen LogP contribution in [0.3, 0.4) is 0 Å². The Labute approximate surface area is 146 Å². The molecule has 6 heteroatoms. The summed E-state index contributed by atoms with van der Waals surface area (Å²) in [6.45, 7) is 2.49. The van der Waals surface area contributed by atoms with Crippen LogP contribution in [-0.2, 0) is 0 Å². The molecule has 2 rings (SSSR count). The van der Waals surface area contributed by atoms with Crippen molar-refractivity contribution in [3.63, 3.8) is 0 Å². The molecule has 22 heavy (non-hydrogen) atoms. The Kier molecular flexibility index (Phi) is 6.27. The summed E-state index contributed by atoms with van der Waals surface area (Å²) >= 11 is 7.06. The number of hydrogen-bond donors (Lipinski definition) is 1. The number of ether oxygens (including phenoxy) is 2. The Morgan fingerprint density at radius 1 is 1.18 bits per heavy atom. The van der Waals surface area contributed by atoms with Gasteiger partial charge in [0.15, 0.2) is 11.5 Å². The standard InChI is InChI=1S/C16H16Br2N2O2/c1-3-22-13-9-11(14(17)15(18)16(13)21-2)10-19-20-12-7-5-4-6-8-12/h4-10,20H,3H2,1-2H3/b19-10+. The number of methoxy groups -OCH3 is 1. The molecule has 0 amide bonds. The Bertz CT molecular complexity index is 661. The molecule has 0 unspecified atom stereocenters. The molecule has 0 aliphatic rings. The first-order valence-corrected chi connectivity index (χ1v) is 8.28. The summed E-state index contributed by atoms with van der Waals surface area (Å²) in [7, 11) is 1.61. The predicted octanol–water partition coefficient (Wildman–Crippen LogP) is 5.06. The van der Waals surface area contributed by atoms with Crippen molar-refractivity contribution in [2.24, 2.45) is 5.10 Å². The lowest BCUT2D eigenvalue weighted by Crippen LogP contribution is -1.99. The molecule has 0 radical (unpaired) electrons. The maximum Gasteiger partial charge on any atom is 0.176 e. The average Bonchev–Trinajstić information content (AvgIpc) is 2.53. The fourth-order valence-corrected chi connectivity index (χ4v) is 2.82. The van der Waals surface area contributed by atoms with Crippen LogP contribution >= 0.6 is 31.9 Å². The minimum atomic E-state index is 0.559. The Hall–Kier alpha value is -1.53. The summed E-state index contributed by atoms with van der Waals surface area (Å²) in [5, 5.41) is 4.25. The molecule has 116 valence electrons. The normalized spacial score (nSPS) is 10.7. The van der Waals surface area contributed by atoms with Crippen LogP contribution in [0.2, 0.25) is 0 Å². The van der Waals surface area contributed by atoms with Gasteiger partial charge in [-0.15, -0.1) is 0 Å². The number of benzene rings is 2. The van der Waals surface area contributed by atoms with Crippen LogP contribution in [0.4, 0.5) is 5.69 Å². The summed E-state index contributed by atoms with van der Waals surface area (Å²) in [6.07, 6.45) is 1.73. The molecule has 0 spiro atoms. The van der Waals surface area contributed by atoms with Crippen molar-refractivity contribution in [3.8, 4) is 11.5 Å². The number of nitrogens with zero attached hydrogens (tertiary/aromatic N) is 1. The maximum absolute atomic E-state index is 5.61. The van der Waals surface area contributed by atoms with Crippen molar-refractivity contribution in [3.05, 3.63) is 50.9 Å². The van der Waals surface area contributed by atoms with E-state index in [2.05, 4.69) is 42.4 Å². The summed E-state index contributed by atoms with van der Waals surface area (Å²) in [4.78, 5) is 0. The van der Waals surface area contributed by atoms with E-state index in [1.807, 2.05) is 43.3 Å². The maximum atomic E-state index is 5.61. The molecule has 0 aromatic heterocycles. The van der Waals surface area contributed by atoms with Crippen molar-refractivity contribution in [1.82, 2.24) is 0 Å². The summed E-state index contributed by atoms with van der Waals surface area (Å²) in [6, 6.07) is 11.6. The number of hydrazone groups is 1. The summed E-state index contributed by atoms with van der Waals surface area (Å²) in [5.74, 6) is 1.32. The fraction of sp³-hybridized carbons (Fsp3) is 0.188. The number of halogens is 2. The molecule has 0 fully saturated rings. The van der Waals surface area contributed by atoms with Gasteiger partial charge in [-0.2, -0.15) is 5.10 Å². The number of anilines is 1. The summed E-state index contributed by atoms with van der Waals surface area (Å²) < 4.78 is 12.6. The van der Waals surface area contributed by atoms with Gasteiger partial charge in [-0.25, -0.2) is 0 Å². The highest BCUT2D eigenvalue weighted by molar-refractivity contribution is 9.13. The van der Waals surface area contributed by atoms with Crippen molar-refractivity contribution >= 4 is 43.8 Å². The van der Waals surface area contributed by atoms with Gasteiger partial charge in [0.2, 0.25) is 0 Å². The van der Waals surface area contributed by atoms with Gasteiger partial charge in [0, 0.05) is 10.0 Å². The van der Waals surface area contributed by atoms with E-state index in [1.54, 1.807) is 13.3 Å². The van der Waals surface area contributed by atoms with Crippen molar-refractivity contribution in [1.29, 1.82) is 0 Å². The monoisotopic (exact) mass is 426 g/mol. The van der Waals surface area contributed by atoms with Gasteiger partial charge in [-0.3, -0.25) is 5.43 Å². The zero-order valence-corrected chi connectivity index (χ0v) is 15.4. The largest absolute Gasteiger partial charge is 0.492 e. The van der Waals surface area contributed by atoms with Gasteiger partial charge in [0.25, 0.3) is 0 Å². The van der Waals surface area contributed by atoms with Crippen LogP contribution < -0.4 is 14.9 Å². The van der Waals surface area contributed by atoms with Crippen LogP contribution in [0.25, 0.3) is 0 Å². The molecule has 0 aliphatic carbocycles. The van der Waals surface area contributed by atoms with Gasteiger partial charge < -0.3 is 9.47 Å².